The molecule has 2 heterocycles. The molecular formula is C15H17FN4O3. The Balaban J connectivity index is 1.53. The van der Waals surface area contributed by atoms with Gasteiger partial charge in [-0.1, -0.05) is 17.3 Å². The minimum Gasteiger partial charge on any atom is -0.484 e. The molecule has 1 aromatic carbocycles. The van der Waals surface area contributed by atoms with E-state index in [4.69, 9.17) is 9.47 Å². The van der Waals surface area contributed by atoms with Crippen molar-refractivity contribution in [3.63, 3.8) is 0 Å². The Morgan fingerprint density at radius 1 is 1.30 bits per heavy atom. The van der Waals surface area contributed by atoms with Crippen LogP contribution in [0.5, 0.6) is 5.75 Å². The molecule has 0 spiro atoms. The number of nitrogens with zero attached hydrogens (tertiary/aromatic N) is 4. The molecule has 2 aromatic rings. The van der Waals surface area contributed by atoms with E-state index in [0.717, 1.165) is 0 Å². The molecule has 0 aliphatic carbocycles. The normalized spacial score (nSPS) is 14.7. The summed E-state index contributed by atoms with van der Waals surface area (Å²) in [7, 11) is 0. The van der Waals surface area contributed by atoms with E-state index >= 15 is 0 Å². The highest BCUT2D eigenvalue weighted by Gasteiger charge is 2.17. The molecule has 0 bridgehead atoms. The van der Waals surface area contributed by atoms with Crippen molar-refractivity contribution in [3.05, 3.63) is 42.0 Å². The SMILES string of the molecule is O=C(Cn1cc(COc2ccccc2F)nn1)N1CCOCC1. The molecule has 1 fully saturated rings. The number of ether oxygens (including phenoxy) is 2. The van der Waals surface area contributed by atoms with Crippen molar-refractivity contribution in [2.24, 2.45) is 0 Å². The van der Waals surface area contributed by atoms with Crippen LogP contribution in [-0.4, -0.2) is 52.1 Å². The van der Waals surface area contributed by atoms with Gasteiger partial charge in [0, 0.05) is 13.1 Å². The molecule has 0 atom stereocenters. The zero-order valence-electron chi connectivity index (χ0n) is 12.5. The Morgan fingerprint density at radius 3 is 2.87 bits per heavy atom. The van der Waals surface area contributed by atoms with Crippen molar-refractivity contribution in [1.29, 1.82) is 0 Å². The van der Waals surface area contributed by atoms with Crippen LogP contribution in [0, 0.1) is 5.82 Å². The second-order valence-electron chi connectivity index (χ2n) is 5.12. The first-order chi connectivity index (χ1) is 11.2. The standard InChI is InChI=1S/C15H17FN4O3/c16-13-3-1-2-4-14(13)23-11-12-9-20(18-17-12)10-15(21)19-5-7-22-8-6-19/h1-4,9H,5-8,10-11H2. The lowest BCUT2D eigenvalue weighted by molar-refractivity contribution is -0.136. The molecule has 122 valence electrons. The molecule has 3 rings (SSSR count). The molecule has 1 saturated heterocycles. The number of halogens is 1. The first-order valence-corrected chi connectivity index (χ1v) is 7.34. The van der Waals surface area contributed by atoms with Crippen LogP contribution in [0.1, 0.15) is 5.69 Å². The summed E-state index contributed by atoms with van der Waals surface area (Å²) < 4.78 is 25.5. The number of hydrogen-bond acceptors (Lipinski definition) is 5. The van der Waals surface area contributed by atoms with Gasteiger partial charge in [0.25, 0.3) is 0 Å². The number of para-hydroxylation sites is 1. The van der Waals surface area contributed by atoms with Crippen LogP contribution in [-0.2, 0) is 22.7 Å². The topological polar surface area (TPSA) is 69.5 Å². The highest BCUT2D eigenvalue weighted by Crippen LogP contribution is 2.16. The summed E-state index contributed by atoms with van der Waals surface area (Å²) in [6.45, 7) is 2.52. The Hall–Kier alpha value is -2.48. The number of benzene rings is 1. The summed E-state index contributed by atoms with van der Waals surface area (Å²) in [5, 5.41) is 7.83. The highest BCUT2D eigenvalue weighted by molar-refractivity contribution is 5.75. The van der Waals surface area contributed by atoms with Crippen molar-refractivity contribution < 1.29 is 18.7 Å². The Kier molecular flexibility index (Phi) is 4.82. The lowest BCUT2D eigenvalue weighted by Gasteiger charge is -2.26. The number of hydrogen-bond donors (Lipinski definition) is 0. The fourth-order valence-corrected chi connectivity index (χ4v) is 2.25. The van der Waals surface area contributed by atoms with E-state index in [1.165, 1.54) is 10.7 Å². The Bertz CT molecular complexity index is 670. The number of morpholine rings is 1. The fourth-order valence-electron chi connectivity index (χ4n) is 2.25. The van der Waals surface area contributed by atoms with Crippen molar-refractivity contribution in [1.82, 2.24) is 19.9 Å². The summed E-state index contributed by atoms with van der Waals surface area (Å²) in [6.07, 6.45) is 1.62. The van der Waals surface area contributed by atoms with E-state index in [1.54, 1.807) is 29.3 Å². The molecule has 0 unspecified atom stereocenters. The lowest BCUT2D eigenvalue weighted by atomic mass is 10.3. The minimum absolute atomic E-state index is 0.0280. The summed E-state index contributed by atoms with van der Waals surface area (Å²) in [5.74, 6) is -0.298. The fraction of sp³-hybridized carbons (Fsp3) is 0.400. The third-order valence-corrected chi connectivity index (χ3v) is 3.46. The van der Waals surface area contributed by atoms with E-state index in [2.05, 4.69) is 10.3 Å². The molecule has 23 heavy (non-hydrogen) atoms. The third kappa shape index (κ3) is 4.04. The van der Waals surface area contributed by atoms with Gasteiger partial charge in [0.15, 0.2) is 11.6 Å². The minimum atomic E-state index is -0.428. The van der Waals surface area contributed by atoms with Crippen LogP contribution >= 0.6 is 0 Å². The van der Waals surface area contributed by atoms with Crippen LogP contribution in [0.3, 0.4) is 0 Å². The average Bonchev–Trinajstić information content (AvgIpc) is 3.02. The van der Waals surface area contributed by atoms with Gasteiger partial charge in [-0.2, -0.15) is 0 Å². The largest absolute Gasteiger partial charge is 0.484 e. The summed E-state index contributed by atoms with van der Waals surface area (Å²) in [6, 6.07) is 6.15. The van der Waals surface area contributed by atoms with E-state index in [1.807, 2.05) is 0 Å². The van der Waals surface area contributed by atoms with Gasteiger partial charge in [-0.15, -0.1) is 5.10 Å². The van der Waals surface area contributed by atoms with Crippen LogP contribution in [0.2, 0.25) is 0 Å². The number of rotatable bonds is 5. The average molecular weight is 320 g/mol. The number of aromatic nitrogens is 3. The van der Waals surface area contributed by atoms with E-state index in [0.29, 0.717) is 32.0 Å². The van der Waals surface area contributed by atoms with Gasteiger partial charge >= 0.3 is 0 Å². The first kappa shape index (κ1) is 15.4. The molecule has 8 heteroatoms. The van der Waals surface area contributed by atoms with Gasteiger partial charge in [-0.3, -0.25) is 4.79 Å². The Labute approximate surface area is 132 Å². The van der Waals surface area contributed by atoms with Crippen LogP contribution in [0.15, 0.2) is 30.5 Å². The number of carbonyl (C=O) groups excluding carboxylic acids is 1. The summed E-state index contributed by atoms with van der Waals surface area (Å²) in [4.78, 5) is 13.8. The molecule has 1 amide bonds. The molecule has 7 nitrogen and oxygen atoms in total. The van der Waals surface area contributed by atoms with Crippen molar-refractivity contribution in [2.45, 2.75) is 13.2 Å². The summed E-state index contributed by atoms with van der Waals surface area (Å²) >= 11 is 0. The summed E-state index contributed by atoms with van der Waals surface area (Å²) in [5.41, 5.74) is 0.531. The molecule has 1 aromatic heterocycles. The van der Waals surface area contributed by atoms with E-state index in [-0.39, 0.29) is 24.8 Å². The van der Waals surface area contributed by atoms with Gasteiger partial charge < -0.3 is 14.4 Å². The number of amides is 1. The molecule has 0 saturated carbocycles. The van der Waals surface area contributed by atoms with Gasteiger partial charge in [-0.25, -0.2) is 9.07 Å². The zero-order chi connectivity index (χ0) is 16.1. The van der Waals surface area contributed by atoms with Crippen molar-refractivity contribution in [3.8, 4) is 5.75 Å². The van der Waals surface area contributed by atoms with Crippen molar-refractivity contribution >= 4 is 5.91 Å². The molecule has 1 aliphatic rings. The molecule has 1 aliphatic heterocycles. The maximum Gasteiger partial charge on any atom is 0.244 e. The van der Waals surface area contributed by atoms with Gasteiger partial charge in [-0.05, 0) is 12.1 Å². The first-order valence-electron chi connectivity index (χ1n) is 7.34. The van der Waals surface area contributed by atoms with Gasteiger partial charge in [0.1, 0.15) is 18.8 Å². The van der Waals surface area contributed by atoms with Crippen LogP contribution in [0.25, 0.3) is 0 Å². The zero-order valence-corrected chi connectivity index (χ0v) is 12.5. The van der Waals surface area contributed by atoms with Crippen molar-refractivity contribution in [2.75, 3.05) is 26.3 Å². The molecule has 0 N–H and O–H groups in total. The highest BCUT2D eigenvalue weighted by atomic mass is 19.1. The maximum atomic E-state index is 13.4. The third-order valence-electron chi connectivity index (χ3n) is 3.46. The van der Waals surface area contributed by atoms with Gasteiger partial charge in [0.2, 0.25) is 5.91 Å². The second kappa shape index (κ2) is 7.19. The maximum absolute atomic E-state index is 13.4. The quantitative estimate of drug-likeness (QED) is 0.817. The number of carbonyl (C=O) groups is 1. The van der Waals surface area contributed by atoms with Crippen LogP contribution in [0.4, 0.5) is 4.39 Å². The monoisotopic (exact) mass is 320 g/mol. The predicted molar refractivity (Wildman–Crippen MR) is 78.2 cm³/mol. The lowest BCUT2D eigenvalue weighted by Crippen LogP contribution is -2.42. The van der Waals surface area contributed by atoms with E-state index in [9.17, 15) is 9.18 Å². The Morgan fingerprint density at radius 2 is 2.09 bits per heavy atom. The second-order valence-corrected chi connectivity index (χ2v) is 5.12. The van der Waals surface area contributed by atoms with Gasteiger partial charge in [0.05, 0.1) is 19.4 Å². The smallest absolute Gasteiger partial charge is 0.244 e. The van der Waals surface area contributed by atoms with Crippen LogP contribution < -0.4 is 4.74 Å². The van der Waals surface area contributed by atoms with E-state index < -0.39 is 5.82 Å². The molecular weight excluding hydrogens is 303 g/mol. The predicted octanol–water partition coefficient (Wildman–Crippen LogP) is 0.855. The molecule has 0 radical (unpaired) electrons.